The molecule has 1 fully saturated rings. The van der Waals surface area contributed by atoms with Crippen molar-refractivity contribution in [3.8, 4) is 11.8 Å². The van der Waals surface area contributed by atoms with Crippen LogP contribution >= 0.6 is 0 Å². The Bertz CT molecular complexity index is 600. The Balaban J connectivity index is 2.54. The molecule has 0 spiro atoms. The SMILES string of the molecule is CC#CC(O)(C/C=C/[C@H]1[C@H](O)CC(=O)[C@@H]1CCCCCCC(=O)CO)CCCC. The topological polar surface area (TPSA) is 94.8 Å². The molecule has 0 aromatic carbocycles. The molecule has 4 atom stereocenters. The average molecular weight is 407 g/mol. The van der Waals surface area contributed by atoms with Crippen LogP contribution in [-0.4, -0.2) is 45.2 Å². The minimum atomic E-state index is -1.05. The number of Topliss-reactive ketones (excluding diaryl/α,β-unsaturated/α-hetero) is 2. The van der Waals surface area contributed by atoms with Crippen LogP contribution in [0.1, 0.15) is 84.5 Å². The molecule has 3 N–H and O–H groups in total. The van der Waals surface area contributed by atoms with E-state index in [1.807, 2.05) is 12.2 Å². The highest BCUT2D eigenvalue weighted by Crippen LogP contribution is 2.34. The van der Waals surface area contributed by atoms with Gasteiger partial charge in [0, 0.05) is 31.1 Å². The van der Waals surface area contributed by atoms with Gasteiger partial charge in [0.25, 0.3) is 0 Å². The zero-order valence-electron chi connectivity index (χ0n) is 18.0. The first kappa shape index (κ1) is 25.6. The van der Waals surface area contributed by atoms with Crippen molar-refractivity contribution in [2.24, 2.45) is 11.8 Å². The van der Waals surface area contributed by atoms with E-state index >= 15 is 0 Å². The van der Waals surface area contributed by atoms with E-state index in [2.05, 4.69) is 18.8 Å². The van der Waals surface area contributed by atoms with Gasteiger partial charge in [0.1, 0.15) is 18.0 Å². The van der Waals surface area contributed by atoms with Crippen molar-refractivity contribution >= 4 is 11.6 Å². The van der Waals surface area contributed by atoms with Gasteiger partial charge in [0.15, 0.2) is 5.78 Å². The molecule has 1 rings (SSSR count). The Kier molecular flexibility index (Phi) is 12.1. The predicted octanol–water partition coefficient (Wildman–Crippen LogP) is 3.35. The standard InChI is InChI=1S/C24H38O5/c1-3-5-15-24(29,14-4-2)16-10-13-21-20(22(27)17-23(21)28)12-9-7-6-8-11-19(26)18-25/h10,13,20-21,23,25,28-29H,3,5-9,11-12,15-18H2,1-2H3/b13-10+/t20-,21-,23-,24?/m1/s1. The number of hydrogen-bond acceptors (Lipinski definition) is 5. The van der Waals surface area contributed by atoms with E-state index in [-0.39, 0.29) is 36.4 Å². The van der Waals surface area contributed by atoms with E-state index in [4.69, 9.17) is 5.11 Å². The molecular formula is C24H38O5. The second kappa shape index (κ2) is 13.7. The van der Waals surface area contributed by atoms with E-state index in [1.54, 1.807) is 6.92 Å². The van der Waals surface area contributed by atoms with Crippen molar-refractivity contribution in [2.75, 3.05) is 6.61 Å². The van der Waals surface area contributed by atoms with Gasteiger partial charge in [-0.15, -0.1) is 5.92 Å². The largest absolute Gasteiger partial charge is 0.392 e. The van der Waals surface area contributed by atoms with Gasteiger partial charge in [0.05, 0.1) is 6.10 Å². The minimum absolute atomic E-state index is 0.109. The van der Waals surface area contributed by atoms with Crippen molar-refractivity contribution in [1.29, 1.82) is 0 Å². The van der Waals surface area contributed by atoms with E-state index in [0.29, 0.717) is 19.3 Å². The Morgan fingerprint density at radius 2 is 1.97 bits per heavy atom. The van der Waals surface area contributed by atoms with E-state index in [1.165, 1.54) is 0 Å². The van der Waals surface area contributed by atoms with Crippen molar-refractivity contribution in [3.63, 3.8) is 0 Å². The average Bonchev–Trinajstić information content (AvgIpc) is 2.95. The third-order valence-electron chi connectivity index (χ3n) is 5.75. The summed E-state index contributed by atoms with van der Waals surface area (Å²) in [5.74, 6) is 5.30. The number of ketones is 2. The summed E-state index contributed by atoms with van der Waals surface area (Å²) in [6.07, 6.45) is 10.8. The fourth-order valence-electron chi connectivity index (χ4n) is 4.05. The summed E-state index contributed by atoms with van der Waals surface area (Å²) in [5, 5.41) is 29.7. The maximum absolute atomic E-state index is 12.3. The lowest BCUT2D eigenvalue weighted by atomic mass is 9.87. The third-order valence-corrected chi connectivity index (χ3v) is 5.75. The molecular weight excluding hydrogens is 368 g/mol. The summed E-state index contributed by atoms with van der Waals surface area (Å²) in [4.78, 5) is 23.4. The van der Waals surface area contributed by atoms with Crippen LogP contribution < -0.4 is 0 Å². The summed E-state index contributed by atoms with van der Waals surface area (Å²) in [5.41, 5.74) is -1.05. The Morgan fingerprint density at radius 1 is 1.24 bits per heavy atom. The molecule has 1 unspecified atom stereocenters. The lowest BCUT2D eigenvalue weighted by Crippen LogP contribution is -2.26. The van der Waals surface area contributed by atoms with Crippen LogP contribution in [0.4, 0.5) is 0 Å². The zero-order chi connectivity index (χ0) is 21.7. The van der Waals surface area contributed by atoms with Gasteiger partial charge in [-0.2, -0.15) is 0 Å². The van der Waals surface area contributed by atoms with Gasteiger partial charge in [-0.3, -0.25) is 9.59 Å². The maximum atomic E-state index is 12.3. The number of unbranched alkanes of at least 4 members (excludes halogenated alkanes) is 4. The lowest BCUT2D eigenvalue weighted by molar-refractivity contribution is -0.122. The van der Waals surface area contributed by atoms with Crippen LogP contribution in [0.5, 0.6) is 0 Å². The molecule has 164 valence electrons. The number of aliphatic hydroxyl groups is 3. The van der Waals surface area contributed by atoms with Crippen LogP contribution in [0.15, 0.2) is 12.2 Å². The summed E-state index contributed by atoms with van der Waals surface area (Å²) in [6, 6.07) is 0. The van der Waals surface area contributed by atoms with Crippen molar-refractivity contribution in [3.05, 3.63) is 12.2 Å². The number of aliphatic hydroxyl groups excluding tert-OH is 2. The summed E-state index contributed by atoms with van der Waals surface area (Å²) in [6.45, 7) is 3.40. The van der Waals surface area contributed by atoms with Crippen LogP contribution in [-0.2, 0) is 9.59 Å². The Morgan fingerprint density at radius 3 is 2.62 bits per heavy atom. The van der Waals surface area contributed by atoms with Gasteiger partial charge in [0.2, 0.25) is 0 Å². The van der Waals surface area contributed by atoms with E-state index in [9.17, 15) is 19.8 Å². The molecule has 0 aromatic rings. The van der Waals surface area contributed by atoms with Crippen LogP contribution in [0.3, 0.4) is 0 Å². The lowest BCUT2D eigenvalue weighted by Gasteiger charge is -2.21. The molecule has 1 aliphatic carbocycles. The van der Waals surface area contributed by atoms with Crippen molar-refractivity contribution in [2.45, 2.75) is 96.2 Å². The minimum Gasteiger partial charge on any atom is -0.392 e. The monoisotopic (exact) mass is 406 g/mol. The molecule has 29 heavy (non-hydrogen) atoms. The molecule has 0 amide bonds. The van der Waals surface area contributed by atoms with Gasteiger partial charge in [-0.25, -0.2) is 0 Å². The Hall–Kier alpha value is -1.48. The van der Waals surface area contributed by atoms with Crippen molar-refractivity contribution in [1.82, 2.24) is 0 Å². The second-order valence-electron chi connectivity index (χ2n) is 8.21. The molecule has 0 bridgehead atoms. The molecule has 0 aromatic heterocycles. The quantitative estimate of drug-likeness (QED) is 0.234. The van der Waals surface area contributed by atoms with E-state index < -0.39 is 11.7 Å². The second-order valence-corrected chi connectivity index (χ2v) is 8.21. The smallest absolute Gasteiger partial charge is 0.158 e. The van der Waals surface area contributed by atoms with E-state index in [0.717, 1.165) is 44.9 Å². The number of rotatable bonds is 14. The first-order chi connectivity index (χ1) is 13.9. The first-order valence-corrected chi connectivity index (χ1v) is 11.0. The molecule has 1 saturated carbocycles. The molecule has 0 saturated heterocycles. The fraction of sp³-hybridized carbons (Fsp3) is 0.750. The number of carbonyl (C=O) groups excluding carboxylic acids is 2. The highest BCUT2D eigenvalue weighted by Gasteiger charge is 2.39. The Labute approximate surface area is 175 Å². The summed E-state index contributed by atoms with van der Waals surface area (Å²) in [7, 11) is 0. The normalized spacial score (nSPS) is 23.8. The maximum Gasteiger partial charge on any atom is 0.158 e. The van der Waals surface area contributed by atoms with Crippen LogP contribution in [0.2, 0.25) is 0 Å². The molecule has 0 radical (unpaired) electrons. The van der Waals surface area contributed by atoms with Gasteiger partial charge >= 0.3 is 0 Å². The number of carbonyl (C=O) groups is 2. The van der Waals surface area contributed by atoms with Crippen LogP contribution in [0, 0.1) is 23.7 Å². The number of hydrogen-bond donors (Lipinski definition) is 3. The molecule has 0 aliphatic heterocycles. The van der Waals surface area contributed by atoms with Crippen LogP contribution in [0.25, 0.3) is 0 Å². The predicted molar refractivity (Wildman–Crippen MR) is 114 cm³/mol. The highest BCUT2D eigenvalue weighted by molar-refractivity contribution is 5.84. The molecule has 0 heterocycles. The summed E-state index contributed by atoms with van der Waals surface area (Å²) >= 11 is 0. The molecule has 5 heteroatoms. The molecule has 5 nitrogen and oxygen atoms in total. The van der Waals surface area contributed by atoms with Gasteiger partial charge in [-0.05, 0) is 32.6 Å². The summed E-state index contributed by atoms with van der Waals surface area (Å²) < 4.78 is 0. The molecule has 1 aliphatic rings. The van der Waals surface area contributed by atoms with Gasteiger partial charge in [-0.1, -0.05) is 50.7 Å². The zero-order valence-corrected chi connectivity index (χ0v) is 18.0. The van der Waals surface area contributed by atoms with Crippen molar-refractivity contribution < 1.29 is 24.9 Å². The fourth-order valence-corrected chi connectivity index (χ4v) is 4.05. The van der Waals surface area contributed by atoms with Gasteiger partial charge < -0.3 is 15.3 Å². The first-order valence-electron chi connectivity index (χ1n) is 11.0. The third kappa shape index (κ3) is 9.25. The highest BCUT2D eigenvalue weighted by atomic mass is 16.3.